The lowest BCUT2D eigenvalue weighted by Crippen LogP contribution is -2.39. The third-order valence-corrected chi connectivity index (χ3v) is 2.13. The van der Waals surface area contributed by atoms with E-state index in [4.69, 9.17) is 5.73 Å². The number of phenols is 1. The molecule has 0 bridgehead atoms. The first-order valence-electron chi connectivity index (χ1n) is 4.86. The van der Waals surface area contributed by atoms with Crippen LogP contribution in [-0.2, 0) is 4.79 Å². The summed E-state index contributed by atoms with van der Waals surface area (Å²) in [5, 5.41) is 11.8. The molecule has 4 heteroatoms. The molecule has 1 rings (SSSR count). The molecule has 1 unspecified atom stereocenters. The number of hydrogen-bond acceptors (Lipinski definition) is 3. The fourth-order valence-corrected chi connectivity index (χ4v) is 1.11. The third kappa shape index (κ3) is 3.25. The molecule has 0 aliphatic rings. The van der Waals surface area contributed by atoms with Crippen LogP contribution in [0.4, 0.5) is 5.69 Å². The molecule has 1 aromatic rings. The predicted octanol–water partition coefficient (Wildman–Crippen LogP) is 1.31. The summed E-state index contributed by atoms with van der Waals surface area (Å²) < 4.78 is 0. The van der Waals surface area contributed by atoms with Crippen LogP contribution in [0.3, 0.4) is 0 Å². The molecule has 0 heterocycles. The number of amides is 1. The van der Waals surface area contributed by atoms with E-state index in [1.807, 2.05) is 13.8 Å². The van der Waals surface area contributed by atoms with Crippen molar-refractivity contribution in [3.8, 4) is 5.75 Å². The highest BCUT2D eigenvalue weighted by Crippen LogP contribution is 2.15. The highest BCUT2D eigenvalue weighted by Gasteiger charge is 2.16. The number of nitrogens with two attached hydrogens (primary N) is 1. The first-order chi connectivity index (χ1) is 7.00. The monoisotopic (exact) mass is 208 g/mol. The Balaban J connectivity index is 2.66. The van der Waals surface area contributed by atoms with Crippen molar-refractivity contribution in [2.24, 2.45) is 11.7 Å². The summed E-state index contributed by atoms with van der Waals surface area (Å²) in [4.78, 5) is 11.5. The zero-order chi connectivity index (χ0) is 11.4. The van der Waals surface area contributed by atoms with Gasteiger partial charge in [0, 0.05) is 11.8 Å². The van der Waals surface area contributed by atoms with Crippen molar-refractivity contribution in [3.63, 3.8) is 0 Å². The summed E-state index contributed by atoms with van der Waals surface area (Å²) in [5.74, 6) is -0.0381. The summed E-state index contributed by atoms with van der Waals surface area (Å²) in [6, 6.07) is 5.84. The van der Waals surface area contributed by atoms with Gasteiger partial charge in [-0.25, -0.2) is 0 Å². The minimum absolute atomic E-state index is 0.0855. The predicted molar refractivity (Wildman–Crippen MR) is 59.5 cm³/mol. The average molecular weight is 208 g/mol. The quantitative estimate of drug-likeness (QED) is 0.701. The van der Waals surface area contributed by atoms with Crippen LogP contribution in [0.1, 0.15) is 13.8 Å². The van der Waals surface area contributed by atoms with Crippen molar-refractivity contribution >= 4 is 11.6 Å². The van der Waals surface area contributed by atoms with Crippen molar-refractivity contribution in [2.45, 2.75) is 19.9 Å². The second kappa shape index (κ2) is 4.79. The van der Waals surface area contributed by atoms with Gasteiger partial charge in [-0.2, -0.15) is 0 Å². The van der Waals surface area contributed by atoms with Gasteiger partial charge in [-0.05, 0) is 18.1 Å². The standard InChI is InChI=1S/C11H16N2O2/c1-7(2)10(12)11(15)13-8-4-3-5-9(14)6-8/h3-7,10,14H,12H2,1-2H3,(H,13,15). The van der Waals surface area contributed by atoms with Crippen LogP contribution >= 0.6 is 0 Å². The largest absolute Gasteiger partial charge is 0.508 e. The van der Waals surface area contributed by atoms with Gasteiger partial charge in [-0.1, -0.05) is 19.9 Å². The van der Waals surface area contributed by atoms with Crippen molar-refractivity contribution in [3.05, 3.63) is 24.3 Å². The number of carbonyl (C=O) groups excluding carboxylic acids is 1. The number of hydrogen-bond donors (Lipinski definition) is 3. The number of phenolic OH excluding ortho intramolecular Hbond substituents is 1. The molecule has 82 valence electrons. The van der Waals surface area contributed by atoms with E-state index in [0.717, 1.165) is 0 Å². The summed E-state index contributed by atoms with van der Waals surface area (Å²) in [5.41, 5.74) is 6.22. The van der Waals surface area contributed by atoms with Crippen LogP contribution in [0, 0.1) is 5.92 Å². The van der Waals surface area contributed by atoms with Gasteiger partial charge in [0.15, 0.2) is 0 Å². The molecule has 1 amide bonds. The van der Waals surface area contributed by atoms with Crippen molar-refractivity contribution < 1.29 is 9.90 Å². The SMILES string of the molecule is CC(C)C(N)C(=O)Nc1cccc(O)c1. The molecule has 1 aromatic carbocycles. The average Bonchev–Trinajstić information content (AvgIpc) is 2.16. The molecule has 0 saturated carbocycles. The van der Waals surface area contributed by atoms with E-state index >= 15 is 0 Å². The van der Waals surface area contributed by atoms with E-state index < -0.39 is 6.04 Å². The first-order valence-corrected chi connectivity index (χ1v) is 4.86. The molecule has 0 aliphatic heterocycles. The van der Waals surface area contributed by atoms with Crippen LogP contribution in [0.2, 0.25) is 0 Å². The van der Waals surface area contributed by atoms with Crippen LogP contribution < -0.4 is 11.1 Å². The minimum atomic E-state index is -0.535. The smallest absolute Gasteiger partial charge is 0.241 e. The fraction of sp³-hybridized carbons (Fsp3) is 0.364. The Hall–Kier alpha value is -1.55. The Bertz CT molecular complexity index is 350. The maximum absolute atomic E-state index is 11.5. The molecule has 0 radical (unpaired) electrons. The molecular weight excluding hydrogens is 192 g/mol. The second-order valence-corrected chi connectivity index (χ2v) is 3.81. The molecule has 0 aromatic heterocycles. The Morgan fingerprint density at radius 2 is 2.13 bits per heavy atom. The van der Waals surface area contributed by atoms with E-state index in [1.54, 1.807) is 12.1 Å². The number of benzene rings is 1. The highest BCUT2D eigenvalue weighted by molar-refractivity contribution is 5.94. The topological polar surface area (TPSA) is 75.4 Å². The van der Waals surface area contributed by atoms with Crippen LogP contribution in [-0.4, -0.2) is 17.1 Å². The van der Waals surface area contributed by atoms with Gasteiger partial charge in [0.05, 0.1) is 6.04 Å². The minimum Gasteiger partial charge on any atom is -0.508 e. The first kappa shape index (κ1) is 11.5. The summed E-state index contributed by atoms with van der Waals surface area (Å²) >= 11 is 0. The number of nitrogens with one attached hydrogen (secondary N) is 1. The Morgan fingerprint density at radius 1 is 1.47 bits per heavy atom. The summed E-state index contributed by atoms with van der Waals surface area (Å²) in [6.45, 7) is 3.76. The van der Waals surface area contributed by atoms with Gasteiger partial charge in [-0.15, -0.1) is 0 Å². The molecule has 15 heavy (non-hydrogen) atoms. The number of anilines is 1. The van der Waals surface area contributed by atoms with Crippen LogP contribution in [0.5, 0.6) is 5.75 Å². The maximum atomic E-state index is 11.5. The number of aromatic hydroxyl groups is 1. The zero-order valence-corrected chi connectivity index (χ0v) is 8.90. The Labute approximate surface area is 89.1 Å². The van der Waals surface area contributed by atoms with Gasteiger partial charge in [-0.3, -0.25) is 4.79 Å². The lowest BCUT2D eigenvalue weighted by atomic mass is 10.0. The molecule has 0 spiro atoms. The third-order valence-electron chi connectivity index (χ3n) is 2.13. The van der Waals surface area contributed by atoms with Gasteiger partial charge in [0.2, 0.25) is 5.91 Å². The van der Waals surface area contributed by atoms with E-state index in [0.29, 0.717) is 5.69 Å². The van der Waals surface area contributed by atoms with Gasteiger partial charge in [0.1, 0.15) is 5.75 Å². The lowest BCUT2D eigenvalue weighted by molar-refractivity contribution is -0.118. The van der Waals surface area contributed by atoms with Crippen molar-refractivity contribution in [1.29, 1.82) is 0 Å². The molecule has 4 N–H and O–H groups in total. The van der Waals surface area contributed by atoms with E-state index in [1.165, 1.54) is 12.1 Å². The summed E-state index contributed by atoms with van der Waals surface area (Å²) in [6.07, 6.45) is 0. The van der Waals surface area contributed by atoms with Gasteiger partial charge < -0.3 is 16.2 Å². The Kier molecular flexibility index (Phi) is 3.68. The molecule has 1 atom stereocenters. The molecular formula is C11H16N2O2. The van der Waals surface area contributed by atoms with E-state index in [-0.39, 0.29) is 17.6 Å². The molecule has 0 fully saturated rings. The maximum Gasteiger partial charge on any atom is 0.241 e. The van der Waals surface area contributed by atoms with E-state index in [9.17, 15) is 9.90 Å². The van der Waals surface area contributed by atoms with Crippen LogP contribution in [0.15, 0.2) is 24.3 Å². The lowest BCUT2D eigenvalue weighted by Gasteiger charge is -2.15. The normalized spacial score (nSPS) is 12.5. The van der Waals surface area contributed by atoms with Crippen LogP contribution in [0.25, 0.3) is 0 Å². The summed E-state index contributed by atoms with van der Waals surface area (Å²) in [7, 11) is 0. The van der Waals surface area contributed by atoms with Crippen molar-refractivity contribution in [2.75, 3.05) is 5.32 Å². The van der Waals surface area contributed by atoms with Gasteiger partial charge >= 0.3 is 0 Å². The second-order valence-electron chi connectivity index (χ2n) is 3.81. The zero-order valence-electron chi connectivity index (χ0n) is 8.90. The van der Waals surface area contributed by atoms with Gasteiger partial charge in [0.25, 0.3) is 0 Å². The number of carbonyl (C=O) groups is 1. The van der Waals surface area contributed by atoms with E-state index in [2.05, 4.69) is 5.32 Å². The highest BCUT2D eigenvalue weighted by atomic mass is 16.3. The fourth-order valence-electron chi connectivity index (χ4n) is 1.11. The van der Waals surface area contributed by atoms with Crippen molar-refractivity contribution in [1.82, 2.24) is 0 Å². The molecule has 4 nitrogen and oxygen atoms in total. The molecule has 0 aliphatic carbocycles. The molecule has 0 saturated heterocycles. The number of rotatable bonds is 3. The Morgan fingerprint density at radius 3 is 2.67 bits per heavy atom.